The summed E-state index contributed by atoms with van der Waals surface area (Å²) in [5.41, 5.74) is 1.16. The van der Waals surface area contributed by atoms with Gasteiger partial charge in [-0.1, -0.05) is 6.92 Å². The molecule has 0 saturated carbocycles. The maximum absolute atomic E-state index is 4.28. The van der Waals surface area contributed by atoms with E-state index in [1.165, 1.54) is 0 Å². The van der Waals surface area contributed by atoms with Crippen LogP contribution in [0.5, 0.6) is 0 Å². The topological polar surface area (TPSA) is 41.6 Å². The second-order valence-corrected chi connectivity index (χ2v) is 3.67. The van der Waals surface area contributed by atoms with E-state index in [4.69, 9.17) is 0 Å². The molecule has 0 saturated heterocycles. The lowest BCUT2D eigenvalue weighted by Gasteiger charge is -2.07. The van der Waals surface area contributed by atoms with Crippen molar-refractivity contribution in [3.8, 4) is 0 Å². The standard InChI is InChI=1S/C9H10N3S/c1-2-8(7-5-11-12-6-7)9-10-3-4-13-9/h3-6,8H,1-2H2,(H,11,12). The average Bonchev–Trinajstić information content (AvgIpc) is 2.76. The molecule has 67 valence electrons. The van der Waals surface area contributed by atoms with Gasteiger partial charge in [-0.15, -0.1) is 11.3 Å². The minimum atomic E-state index is 0.291. The highest BCUT2D eigenvalue weighted by Crippen LogP contribution is 2.27. The maximum atomic E-state index is 4.28. The Morgan fingerprint density at radius 3 is 3.08 bits per heavy atom. The number of hydrogen-bond donors (Lipinski definition) is 1. The second kappa shape index (κ2) is 3.70. The molecule has 0 amide bonds. The molecule has 1 N–H and O–H groups in total. The van der Waals surface area contributed by atoms with Crippen LogP contribution in [0, 0.1) is 6.92 Å². The molecule has 0 aliphatic heterocycles. The van der Waals surface area contributed by atoms with Crippen molar-refractivity contribution in [1.82, 2.24) is 15.2 Å². The van der Waals surface area contributed by atoms with Crippen LogP contribution in [0.4, 0.5) is 0 Å². The quantitative estimate of drug-likeness (QED) is 0.810. The van der Waals surface area contributed by atoms with Gasteiger partial charge in [0.15, 0.2) is 0 Å². The predicted molar refractivity (Wildman–Crippen MR) is 52.5 cm³/mol. The van der Waals surface area contributed by atoms with Gasteiger partial charge >= 0.3 is 0 Å². The first-order valence-electron chi connectivity index (χ1n) is 4.09. The Hall–Kier alpha value is -1.16. The molecule has 13 heavy (non-hydrogen) atoms. The van der Waals surface area contributed by atoms with Crippen molar-refractivity contribution in [1.29, 1.82) is 0 Å². The number of nitrogens with one attached hydrogen (secondary N) is 1. The van der Waals surface area contributed by atoms with E-state index in [1.807, 2.05) is 24.0 Å². The van der Waals surface area contributed by atoms with Crippen LogP contribution in [-0.4, -0.2) is 15.2 Å². The van der Waals surface area contributed by atoms with Gasteiger partial charge in [-0.2, -0.15) is 5.10 Å². The minimum Gasteiger partial charge on any atom is -0.285 e. The van der Waals surface area contributed by atoms with E-state index in [1.54, 1.807) is 11.3 Å². The molecule has 2 aromatic heterocycles. The SMILES string of the molecule is [CH2]CC(c1cn[nH]c1)c1nccs1. The van der Waals surface area contributed by atoms with E-state index in [0.29, 0.717) is 5.92 Å². The largest absolute Gasteiger partial charge is 0.285 e. The zero-order chi connectivity index (χ0) is 9.10. The fraction of sp³-hybridized carbons (Fsp3) is 0.222. The van der Waals surface area contributed by atoms with E-state index in [9.17, 15) is 0 Å². The summed E-state index contributed by atoms with van der Waals surface area (Å²) in [6.45, 7) is 3.92. The van der Waals surface area contributed by atoms with Crippen LogP contribution in [0.2, 0.25) is 0 Å². The molecule has 0 spiro atoms. The first-order valence-corrected chi connectivity index (χ1v) is 4.97. The van der Waals surface area contributed by atoms with Crippen LogP contribution in [0.25, 0.3) is 0 Å². The van der Waals surface area contributed by atoms with Crippen molar-refractivity contribution in [3.05, 3.63) is 41.5 Å². The summed E-state index contributed by atoms with van der Waals surface area (Å²) < 4.78 is 0. The molecular formula is C9H10N3S. The van der Waals surface area contributed by atoms with Gasteiger partial charge < -0.3 is 0 Å². The second-order valence-electron chi connectivity index (χ2n) is 2.74. The number of thiazole rings is 1. The predicted octanol–water partition coefficient (Wildman–Crippen LogP) is 2.22. The van der Waals surface area contributed by atoms with Crippen LogP contribution in [-0.2, 0) is 0 Å². The van der Waals surface area contributed by atoms with Crippen molar-refractivity contribution in [2.75, 3.05) is 0 Å². The van der Waals surface area contributed by atoms with Gasteiger partial charge in [0.1, 0.15) is 5.01 Å². The third kappa shape index (κ3) is 1.62. The Kier molecular flexibility index (Phi) is 2.40. The van der Waals surface area contributed by atoms with Crippen molar-refractivity contribution in [2.45, 2.75) is 12.3 Å². The van der Waals surface area contributed by atoms with Crippen LogP contribution in [0.3, 0.4) is 0 Å². The van der Waals surface area contributed by atoms with Crippen molar-refractivity contribution in [2.24, 2.45) is 0 Å². The van der Waals surface area contributed by atoms with Crippen LogP contribution >= 0.6 is 11.3 Å². The smallest absolute Gasteiger partial charge is 0.100 e. The molecule has 1 unspecified atom stereocenters. The zero-order valence-corrected chi connectivity index (χ0v) is 7.92. The molecule has 0 aromatic carbocycles. The van der Waals surface area contributed by atoms with Crippen molar-refractivity contribution >= 4 is 11.3 Å². The summed E-state index contributed by atoms with van der Waals surface area (Å²) >= 11 is 1.66. The summed E-state index contributed by atoms with van der Waals surface area (Å²) in [5.74, 6) is 0.291. The van der Waals surface area contributed by atoms with Gasteiger partial charge in [0.05, 0.1) is 6.20 Å². The minimum absolute atomic E-state index is 0.291. The molecule has 0 aliphatic rings. The maximum Gasteiger partial charge on any atom is 0.100 e. The Morgan fingerprint density at radius 2 is 2.54 bits per heavy atom. The van der Waals surface area contributed by atoms with E-state index < -0.39 is 0 Å². The Labute approximate surface area is 80.8 Å². The summed E-state index contributed by atoms with van der Waals surface area (Å²) in [4.78, 5) is 4.28. The Balaban J connectivity index is 2.29. The number of nitrogens with zero attached hydrogens (tertiary/aromatic N) is 2. The zero-order valence-electron chi connectivity index (χ0n) is 7.10. The molecule has 1 atom stereocenters. The summed E-state index contributed by atoms with van der Waals surface area (Å²) in [7, 11) is 0. The summed E-state index contributed by atoms with van der Waals surface area (Å²) in [6.07, 6.45) is 6.37. The molecule has 3 nitrogen and oxygen atoms in total. The number of rotatable bonds is 3. The molecule has 4 heteroatoms. The lowest BCUT2D eigenvalue weighted by molar-refractivity contribution is 0.817. The molecule has 0 aliphatic carbocycles. The lowest BCUT2D eigenvalue weighted by Crippen LogP contribution is -1.97. The van der Waals surface area contributed by atoms with E-state index in [0.717, 1.165) is 17.0 Å². The monoisotopic (exact) mass is 192 g/mol. The van der Waals surface area contributed by atoms with Gasteiger partial charge in [-0.3, -0.25) is 5.10 Å². The number of H-pyrrole nitrogens is 1. The summed E-state index contributed by atoms with van der Waals surface area (Å²) in [5, 5.41) is 9.82. The third-order valence-corrected chi connectivity index (χ3v) is 2.85. The van der Waals surface area contributed by atoms with Gasteiger partial charge in [-0.05, 0) is 12.0 Å². The van der Waals surface area contributed by atoms with Gasteiger partial charge in [-0.25, -0.2) is 4.98 Å². The molecule has 2 rings (SSSR count). The molecule has 2 heterocycles. The highest BCUT2D eigenvalue weighted by atomic mass is 32.1. The first-order chi connectivity index (χ1) is 6.42. The molecule has 1 radical (unpaired) electrons. The van der Waals surface area contributed by atoms with E-state index >= 15 is 0 Å². The first kappa shape index (κ1) is 8.44. The number of hydrogen-bond acceptors (Lipinski definition) is 3. The fourth-order valence-corrected chi connectivity index (χ4v) is 2.09. The molecule has 0 bridgehead atoms. The van der Waals surface area contributed by atoms with E-state index in [2.05, 4.69) is 22.1 Å². The number of aromatic amines is 1. The van der Waals surface area contributed by atoms with E-state index in [-0.39, 0.29) is 0 Å². The molecule has 2 aromatic rings. The highest BCUT2D eigenvalue weighted by molar-refractivity contribution is 7.09. The lowest BCUT2D eigenvalue weighted by atomic mass is 10.0. The molecule has 0 fully saturated rings. The van der Waals surface area contributed by atoms with Gasteiger partial charge in [0.25, 0.3) is 0 Å². The van der Waals surface area contributed by atoms with Gasteiger partial charge in [0, 0.05) is 23.7 Å². The van der Waals surface area contributed by atoms with Crippen LogP contribution in [0.15, 0.2) is 24.0 Å². The average molecular weight is 192 g/mol. The van der Waals surface area contributed by atoms with Crippen LogP contribution in [0.1, 0.15) is 22.9 Å². The number of aromatic nitrogens is 3. The normalized spacial score (nSPS) is 13.0. The fourth-order valence-electron chi connectivity index (χ4n) is 1.29. The third-order valence-electron chi connectivity index (χ3n) is 1.96. The molecular weight excluding hydrogens is 182 g/mol. The Morgan fingerprint density at radius 1 is 1.62 bits per heavy atom. The van der Waals surface area contributed by atoms with Gasteiger partial charge in [0.2, 0.25) is 0 Å². The van der Waals surface area contributed by atoms with Crippen LogP contribution < -0.4 is 0 Å². The summed E-state index contributed by atoms with van der Waals surface area (Å²) in [6, 6.07) is 0. The van der Waals surface area contributed by atoms with Crippen molar-refractivity contribution in [3.63, 3.8) is 0 Å². The Bertz CT molecular complexity index is 305. The highest BCUT2D eigenvalue weighted by Gasteiger charge is 2.14. The van der Waals surface area contributed by atoms with Crippen molar-refractivity contribution < 1.29 is 0 Å².